The van der Waals surface area contributed by atoms with Crippen LogP contribution in [0.3, 0.4) is 0 Å². The topological polar surface area (TPSA) is 107 Å². The van der Waals surface area contributed by atoms with Crippen LogP contribution in [-0.2, 0) is 21.7 Å². The van der Waals surface area contributed by atoms with E-state index in [-0.39, 0.29) is 30.0 Å². The standard InChI is InChI=1S/C26H27N3O5/c1-16-14-26(34,11-12-28(16)15-17-5-3-2-4-6-17)18-7-8-19-20(13-18)25(33)29(24(19)32)21-9-10-22(30)27-23(21)31/h2-8,13,16,21,34H,9-12,14-15H2,1H3,(H,27,30,31)/t16-,21?,26?/m0/s1. The minimum atomic E-state index is -1.12. The molecule has 0 saturated carbocycles. The lowest BCUT2D eigenvalue weighted by Gasteiger charge is -2.43. The van der Waals surface area contributed by atoms with Gasteiger partial charge in [-0.1, -0.05) is 36.4 Å². The fourth-order valence-electron chi connectivity index (χ4n) is 5.34. The predicted octanol–water partition coefficient (Wildman–Crippen LogP) is 1.96. The molecule has 34 heavy (non-hydrogen) atoms. The van der Waals surface area contributed by atoms with E-state index in [1.807, 2.05) is 18.2 Å². The van der Waals surface area contributed by atoms with Crippen molar-refractivity contribution in [2.45, 2.75) is 56.8 Å². The third-order valence-corrected chi connectivity index (χ3v) is 7.27. The Balaban J connectivity index is 1.35. The predicted molar refractivity (Wildman–Crippen MR) is 123 cm³/mol. The molecular weight excluding hydrogens is 434 g/mol. The molecule has 176 valence electrons. The lowest BCUT2D eigenvalue weighted by atomic mass is 9.80. The van der Waals surface area contributed by atoms with Crippen LogP contribution in [0.5, 0.6) is 0 Å². The number of fused-ring (bicyclic) bond motifs is 1. The molecule has 4 amide bonds. The third-order valence-electron chi connectivity index (χ3n) is 7.27. The van der Waals surface area contributed by atoms with E-state index in [9.17, 15) is 24.3 Å². The Hall–Kier alpha value is -3.36. The number of nitrogens with zero attached hydrogens (tertiary/aromatic N) is 2. The van der Waals surface area contributed by atoms with E-state index < -0.39 is 35.3 Å². The summed E-state index contributed by atoms with van der Waals surface area (Å²) in [7, 11) is 0. The van der Waals surface area contributed by atoms with Crippen molar-refractivity contribution >= 4 is 23.6 Å². The van der Waals surface area contributed by atoms with Gasteiger partial charge >= 0.3 is 0 Å². The molecule has 2 unspecified atom stereocenters. The molecule has 5 rings (SSSR count). The summed E-state index contributed by atoms with van der Waals surface area (Å²) in [6, 6.07) is 14.2. The Morgan fingerprint density at radius 2 is 1.76 bits per heavy atom. The first-order valence-corrected chi connectivity index (χ1v) is 11.6. The largest absolute Gasteiger partial charge is 0.385 e. The molecule has 2 aromatic rings. The Bertz CT molecular complexity index is 1180. The molecule has 2 saturated heterocycles. The number of hydrogen-bond donors (Lipinski definition) is 2. The van der Waals surface area contributed by atoms with Crippen LogP contribution in [0.1, 0.15) is 64.4 Å². The quantitative estimate of drug-likeness (QED) is 0.674. The van der Waals surface area contributed by atoms with Crippen LogP contribution in [0.25, 0.3) is 0 Å². The van der Waals surface area contributed by atoms with E-state index in [0.29, 0.717) is 24.9 Å². The number of carbonyl (C=O) groups excluding carboxylic acids is 4. The summed E-state index contributed by atoms with van der Waals surface area (Å²) in [5.41, 5.74) is 1.11. The summed E-state index contributed by atoms with van der Waals surface area (Å²) < 4.78 is 0. The van der Waals surface area contributed by atoms with Gasteiger partial charge in [0.05, 0.1) is 16.7 Å². The van der Waals surface area contributed by atoms with Crippen LogP contribution in [0, 0.1) is 0 Å². The van der Waals surface area contributed by atoms with E-state index in [4.69, 9.17) is 0 Å². The molecule has 0 radical (unpaired) electrons. The zero-order valence-corrected chi connectivity index (χ0v) is 19.0. The van der Waals surface area contributed by atoms with Crippen molar-refractivity contribution in [1.29, 1.82) is 0 Å². The molecule has 0 aliphatic carbocycles. The van der Waals surface area contributed by atoms with Gasteiger partial charge in [-0.2, -0.15) is 0 Å². The first-order chi connectivity index (χ1) is 16.3. The van der Waals surface area contributed by atoms with Gasteiger partial charge in [0.15, 0.2) is 0 Å². The first-order valence-electron chi connectivity index (χ1n) is 11.6. The van der Waals surface area contributed by atoms with Crippen LogP contribution in [-0.4, -0.2) is 57.2 Å². The van der Waals surface area contributed by atoms with Crippen LogP contribution >= 0.6 is 0 Å². The molecule has 0 bridgehead atoms. The molecule has 3 aliphatic rings. The van der Waals surface area contributed by atoms with Gasteiger partial charge in [0.2, 0.25) is 11.8 Å². The highest BCUT2D eigenvalue weighted by Gasteiger charge is 2.46. The van der Waals surface area contributed by atoms with E-state index in [1.165, 1.54) is 5.56 Å². The number of hydrogen-bond acceptors (Lipinski definition) is 6. The molecule has 3 heterocycles. The number of nitrogens with one attached hydrogen (secondary N) is 1. The molecule has 0 aromatic heterocycles. The number of aliphatic hydroxyl groups is 1. The number of rotatable bonds is 4. The van der Waals surface area contributed by atoms with Gasteiger partial charge in [0, 0.05) is 25.6 Å². The van der Waals surface area contributed by atoms with Crippen molar-refractivity contribution in [3.05, 3.63) is 70.8 Å². The summed E-state index contributed by atoms with van der Waals surface area (Å²) >= 11 is 0. The Morgan fingerprint density at radius 1 is 1.03 bits per heavy atom. The molecular formula is C26H27N3O5. The molecule has 3 atom stereocenters. The average molecular weight is 462 g/mol. The summed E-state index contributed by atoms with van der Waals surface area (Å²) in [6.45, 7) is 3.58. The highest BCUT2D eigenvalue weighted by molar-refractivity contribution is 6.23. The van der Waals surface area contributed by atoms with Crippen molar-refractivity contribution in [3.63, 3.8) is 0 Å². The number of amides is 4. The van der Waals surface area contributed by atoms with Crippen molar-refractivity contribution in [3.8, 4) is 0 Å². The van der Waals surface area contributed by atoms with Crippen molar-refractivity contribution < 1.29 is 24.3 Å². The Labute approximate surface area is 197 Å². The Morgan fingerprint density at radius 3 is 2.47 bits per heavy atom. The van der Waals surface area contributed by atoms with Gasteiger partial charge in [-0.3, -0.25) is 34.3 Å². The smallest absolute Gasteiger partial charge is 0.262 e. The second-order valence-electron chi connectivity index (χ2n) is 9.50. The minimum Gasteiger partial charge on any atom is -0.385 e. The monoisotopic (exact) mass is 461 g/mol. The summed E-state index contributed by atoms with van der Waals surface area (Å²) in [5.74, 6) is -2.15. The van der Waals surface area contributed by atoms with Gasteiger partial charge in [-0.05, 0) is 49.4 Å². The fourth-order valence-corrected chi connectivity index (χ4v) is 5.34. The number of imide groups is 2. The molecule has 2 aromatic carbocycles. The fraction of sp³-hybridized carbons (Fsp3) is 0.385. The number of piperidine rings is 2. The third kappa shape index (κ3) is 3.82. The van der Waals surface area contributed by atoms with E-state index in [2.05, 4.69) is 29.3 Å². The van der Waals surface area contributed by atoms with Gasteiger partial charge in [-0.25, -0.2) is 0 Å². The maximum absolute atomic E-state index is 13.1. The SMILES string of the molecule is C[C@H]1CC(O)(c2ccc3c(c2)C(=O)N(C2CCC(=O)NC2=O)C3=O)CCN1Cc1ccccc1. The van der Waals surface area contributed by atoms with Crippen molar-refractivity contribution in [1.82, 2.24) is 15.1 Å². The minimum absolute atomic E-state index is 0.0756. The zero-order valence-electron chi connectivity index (χ0n) is 19.0. The molecule has 2 N–H and O–H groups in total. The summed E-state index contributed by atoms with van der Waals surface area (Å²) in [5, 5.41) is 13.7. The van der Waals surface area contributed by atoms with Gasteiger partial charge < -0.3 is 5.11 Å². The molecule has 2 fully saturated rings. The average Bonchev–Trinajstić information content (AvgIpc) is 3.06. The second-order valence-corrected chi connectivity index (χ2v) is 9.50. The van der Waals surface area contributed by atoms with Crippen molar-refractivity contribution in [2.75, 3.05) is 6.54 Å². The normalized spacial score (nSPS) is 27.6. The van der Waals surface area contributed by atoms with Gasteiger partial charge in [0.1, 0.15) is 6.04 Å². The van der Waals surface area contributed by atoms with Crippen LogP contribution < -0.4 is 5.32 Å². The number of benzene rings is 2. The van der Waals surface area contributed by atoms with E-state index >= 15 is 0 Å². The molecule has 8 nitrogen and oxygen atoms in total. The van der Waals surface area contributed by atoms with Gasteiger partial charge in [0.25, 0.3) is 11.8 Å². The highest BCUT2D eigenvalue weighted by Crippen LogP contribution is 2.38. The van der Waals surface area contributed by atoms with E-state index in [1.54, 1.807) is 18.2 Å². The molecule has 3 aliphatic heterocycles. The van der Waals surface area contributed by atoms with E-state index in [0.717, 1.165) is 11.4 Å². The summed E-state index contributed by atoms with van der Waals surface area (Å²) in [4.78, 5) is 53.1. The van der Waals surface area contributed by atoms with Crippen LogP contribution in [0.15, 0.2) is 48.5 Å². The maximum Gasteiger partial charge on any atom is 0.262 e. The lowest BCUT2D eigenvalue weighted by molar-refractivity contribution is -0.136. The van der Waals surface area contributed by atoms with Gasteiger partial charge in [-0.15, -0.1) is 0 Å². The van der Waals surface area contributed by atoms with Crippen LogP contribution in [0.2, 0.25) is 0 Å². The number of likely N-dealkylation sites (tertiary alicyclic amines) is 1. The zero-order chi connectivity index (χ0) is 24.0. The second kappa shape index (κ2) is 8.45. The molecule has 0 spiro atoms. The first kappa shape index (κ1) is 22.4. The number of carbonyl (C=O) groups is 4. The van der Waals surface area contributed by atoms with Crippen molar-refractivity contribution in [2.24, 2.45) is 0 Å². The maximum atomic E-state index is 13.1. The highest BCUT2D eigenvalue weighted by atomic mass is 16.3. The summed E-state index contributed by atoms with van der Waals surface area (Å²) in [6.07, 6.45) is 1.19. The van der Waals surface area contributed by atoms with Crippen LogP contribution in [0.4, 0.5) is 0 Å². The lowest BCUT2D eigenvalue weighted by Crippen LogP contribution is -2.54. The molecule has 8 heteroatoms. The Kier molecular flexibility index (Phi) is 5.58.